The molecular formula is C22H23N3O6S. The maximum atomic E-state index is 12.9. The van der Waals surface area contributed by atoms with E-state index in [1.807, 2.05) is 42.5 Å². The van der Waals surface area contributed by atoms with Gasteiger partial charge in [-0.2, -0.15) is 0 Å². The number of imidazole rings is 1. The zero-order valence-electron chi connectivity index (χ0n) is 17.6. The predicted octanol–water partition coefficient (Wildman–Crippen LogP) is 1.68. The van der Waals surface area contributed by atoms with Crippen molar-refractivity contribution in [3.05, 3.63) is 83.4 Å². The Morgan fingerprint density at radius 3 is 2.25 bits per heavy atom. The first-order chi connectivity index (χ1) is 15.2. The molecule has 1 aliphatic carbocycles. The van der Waals surface area contributed by atoms with E-state index in [2.05, 4.69) is 14.1 Å². The summed E-state index contributed by atoms with van der Waals surface area (Å²) < 4.78 is 35.1. The van der Waals surface area contributed by atoms with Gasteiger partial charge in [0.15, 0.2) is 11.6 Å². The van der Waals surface area contributed by atoms with Gasteiger partial charge in [0.25, 0.3) is 0 Å². The Balaban J connectivity index is 0.000000427. The van der Waals surface area contributed by atoms with Crippen LogP contribution in [0.2, 0.25) is 0 Å². The van der Waals surface area contributed by atoms with Crippen molar-refractivity contribution >= 4 is 27.7 Å². The van der Waals surface area contributed by atoms with Crippen LogP contribution >= 0.6 is 0 Å². The highest BCUT2D eigenvalue weighted by Gasteiger charge is 2.31. The zero-order valence-corrected chi connectivity index (χ0v) is 18.5. The van der Waals surface area contributed by atoms with Crippen LogP contribution in [0.5, 0.6) is 0 Å². The summed E-state index contributed by atoms with van der Waals surface area (Å²) in [6, 6.07) is 12.5. The Labute approximate surface area is 186 Å². The number of ketones is 2. The third-order valence-electron chi connectivity index (χ3n) is 4.89. The number of carbonyl (C=O) groups excluding carboxylic acids is 2. The number of anilines is 1. The second-order valence-electron chi connectivity index (χ2n) is 7.10. The molecule has 0 atom stereocenters. The van der Waals surface area contributed by atoms with Crippen LogP contribution in [0.4, 0.5) is 5.69 Å². The Kier molecular flexibility index (Phi) is 7.18. The zero-order chi connectivity index (χ0) is 23.3. The monoisotopic (exact) mass is 457 g/mol. The number of aromatic nitrogens is 2. The van der Waals surface area contributed by atoms with Crippen molar-refractivity contribution in [2.75, 3.05) is 19.0 Å². The van der Waals surface area contributed by atoms with Gasteiger partial charge < -0.3 is 9.87 Å². The van der Waals surface area contributed by atoms with Crippen LogP contribution < -0.4 is 9.88 Å². The normalized spacial score (nSPS) is 12.5. The Hall–Kier alpha value is -3.34. The molecule has 1 N–H and O–H groups in total. The molecule has 0 fully saturated rings. The van der Waals surface area contributed by atoms with Crippen molar-refractivity contribution < 1.29 is 31.3 Å². The quantitative estimate of drug-likeness (QED) is 0.202. The van der Waals surface area contributed by atoms with Crippen molar-refractivity contribution in [2.24, 2.45) is 7.05 Å². The van der Waals surface area contributed by atoms with Gasteiger partial charge in [0.05, 0.1) is 26.3 Å². The molecule has 2 aromatic carbocycles. The molecule has 0 unspecified atom stereocenters. The molecule has 168 valence electrons. The van der Waals surface area contributed by atoms with Crippen molar-refractivity contribution in [3.63, 3.8) is 0 Å². The molecule has 1 heterocycles. The van der Waals surface area contributed by atoms with E-state index in [1.54, 1.807) is 30.3 Å². The van der Waals surface area contributed by atoms with Crippen LogP contribution in [-0.4, -0.2) is 42.8 Å². The molecule has 0 aliphatic heterocycles. The number of carbonyl (C=O) groups is 2. The molecule has 0 saturated heterocycles. The molecule has 9 nitrogen and oxygen atoms in total. The Bertz CT molecular complexity index is 1250. The van der Waals surface area contributed by atoms with E-state index in [0.29, 0.717) is 22.3 Å². The average Bonchev–Trinajstić information content (AvgIpc) is 3.20. The average molecular weight is 458 g/mol. The van der Waals surface area contributed by atoms with Crippen molar-refractivity contribution in [1.82, 2.24) is 4.57 Å². The maximum Gasteiger partial charge on any atom is 0.243 e. The molecule has 1 aliphatic rings. The molecule has 1 aromatic heterocycles. The molecule has 3 aromatic rings. The molecular weight excluding hydrogens is 434 g/mol. The van der Waals surface area contributed by atoms with E-state index in [4.69, 9.17) is 0 Å². The van der Waals surface area contributed by atoms with Crippen molar-refractivity contribution in [2.45, 2.75) is 13.0 Å². The first-order valence-electron chi connectivity index (χ1n) is 9.79. The highest BCUT2D eigenvalue weighted by atomic mass is 32.3. The minimum atomic E-state index is -4.41. The summed E-state index contributed by atoms with van der Waals surface area (Å²) in [5, 5.41) is 3.34. The van der Waals surface area contributed by atoms with Gasteiger partial charge in [-0.3, -0.25) is 13.8 Å². The van der Waals surface area contributed by atoms with Crippen LogP contribution in [0.15, 0.2) is 61.2 Å². The first-order valence-corrected chi connectivity index (χ1v) is 11.1. The highest BCUT2D eigenvalue weighted by molar-refractivity contribution is 7.80. The van der Waals surface area contributed by atoms with Gasteiger partial charge in [0, 0.05) is 35.3 Å². The minimum Gasteiger partial charge on any atom is -0.726 e. The minimum absolute atomic E-state index is 0.0845. The third-order valence-corrected chi connectivity index (χ3v) is 5.30. The van der Waals surface area contributed by atoms with Gasteiger partial charge in [0.2, 0.25) is 16.7 Å². The standard InChI is InChI=1S/C21H19N3O2.CH4O4S/c1-23-12-13-24(14-23)11-5-10-22-18-9-4-8-17-19(18)21(26)16-7-3-2-6-15(16)20(17)25;1-5-6(2,3)4/h2-4,6-9,12-14H,5,10-11H2,1H3;1H3,(H,2,3,4). The summed E-state index contributed by atoms with van der Waals surface area (Å²) in [5.41, 5.74) is 2.68. The summed E-state index contributed by atoms with van der Waals surface area (Å²) in [5.74, 6) is -0.172. The van der Waals surface area contributed by atoms with E-state index >= 15 is 0 Å². The highest BCUT2D eigenvalue weighted by Crippen LogP contribution is 2.31. The van der Waals surface area contributed by atoms with Gasteiger partial charge >= 0.3 is 0 Å². The summed E-state index contributed by atoms with van der Waals surface area (Å²) >= 11 is 0. The Morgan fingerprint density at radius 1 is 1.03 bits per heavy atom. The molecule has 0 radical (unpaired) electrons. The van der Waals surface area contributed by atoms with E-state index in [-0.39, 0.29) is 11.6 Å². The number of aryl methyl sites for hydroxylation is 2. The molecule has 0 amide bonds. The second-order valence-corrected chi connectivity index (χ2v) is 8.25. The fraction of sp³-hybridized carbons (Fsp3) is 0.227. The first kappa shape index (κ1) is 23.3. The number of benzene rings is 2. The van der Waals surface area contributed by atoms with E-state index < -0.39 is 10.4 Å². The number of nitrogens with one attached hydrogen (secondary N) is 1. The third kappa shape index (κ3) is 5.47. The molecule has 0 bridgehead atoms. The smallest absolute Gasteiger partial charge is 0.243 e. The fourth-order valence-electron chi connectivity index (χ4n) is 3.41. The van der Waals surface area contributed by atoms with E-state index in [1.165, 1.54) is 0 Å². The molecule has 10 heteroatoms. The SMILES string of the molecule is COS(=O)(=O)[O-].C[n+]1ccn(CCCNc2cccc3c2C(=O)c2ccccc2C3=O)c1. The van der Waals surface area contributed by atoms with Gasteiger partial charge in [0.1, 0.15) is 12.4 Å². The Morgan fingerprint density at radius 2 is 1.66 bits per heavy atom. The van der Waals surface area contributed by atoms with Crippen LogP contribution in [0, 0.1) is 0 Å². The van der Waals surface area contributed by atoms with E-state index in [0.717, 1.165) is 32.3 Å². The molecule has 32 heavy (non-hydrogen) atoms. The van der Waals surface area contributed by atoms with Gasteiger partial charge in [-0.25, -0.2) is 17.6 Å². The van der Waals surface area contributed by atoms with Gasteiger partial charge in [-0.1, -0.05) is 36.4 Å². The fourth-order valence-corrected chi connectivity index (χ4v) is 3.41. The second kappa shape index (κ2) is 9.86. The molecule has 4 rings (SSSR count). The summed E-state index contributed by atoms with van der Waals surface area (Å²) in [7, 11) is -1.61. The lowest BCUT2D eigenvalue weighted by molar-refractivity contribution is -0.671. The number of rotatable bonds is 6. The molecule has 0 saturated carbocycles. The summed E-state index contributed by atoms with van der Waals surface area (Å²) in [6.07, 6.45) is 6.98. The lowest BCUT2D eigenvalue weighted by Crippen LogP contribution is -2.24. The van der Waals surface area contributed by atoms with Crippen LogP contribution in [-0.2, 0) is 28.2 Å². The maximum absolute atomic E-state index is 12.9. The summed E-state index contributed by atoms with van der Waals surface area (Å²) in [6.45, 7) is 1.61. The number of hydrogen-bond acceptors (Lipinski definition) is 7. The van der Waals surface area contributed by atoms with Crippen LogP contribution in [0.1, 0.15) is 38.3 Å². The number of fused-ring (bicyclic) bond motifs is 2. The number of hydrogen-bond donors (Lipinski definition) is 1. The summed E-state index contributed by atoms with van der Waals surface area (Å²) in [4.78, 5) is 25.7. The van der Waals surface area contributed by atoms with Gasteiger partial charge in [-0.05, 0) is 6.07 Å². The van der Waals surface area contributed by atoms with Gasteiger partial charge in [-0.15, -0.1) is 0 Å². The van der Waals surface area contributed by atoms with Crippen LogP contribution in [0.3, 0.4) is 0 Å². The van der Waals surface area contributed by atoms with Crippen LogP contribution in [0.25, 0.3) is 0 Å². The number of nitrogens with zero attached hydrogens (tertiary/aromatic N) is 2. The molecule has 0 spiro atoms. The lowest BCUT2D eigenvalue weighted by Gasteiger charge is -2.20. The topological polar surface area (TPSA) is 121 Å². The lowest BCUT2D eigenvalue weighted by atomic mass is 9.83. The van der Waals surface area contributed by atoms with Crippen molar-refractivity contribution in [1.29, 1.82) is 0 Å². The van der Waals surface area contributed by atoms with E-state index in [9.17, 15) is 22.6 Å². The van der Waals surface area contributed by atoms with Crippen molar-refractivity contribution in [3.8, 4) is 0 Å². The largest absolute Gasteiger partial charge is 0.726 e. The predicted molar refractivity (Wildman–Crippen MR) is 115 cm³/mol.